The second kappa shape index (κ2) is 3.16. The van der Waals surface area contributed by atoms with Crippen LogP contribution in [-0.2, 0) is 0 Å². The molecule has 0 spiro atoms. The molecule has 74 valence electrons. The molecule has 0 aliphatic heterocycles. The van der Waals surface area contributed by atoms with Crippen LogP contribution in [0.15, 0.2) is 12.1 Å². The molecule has 2 rings (SSSR count). The van der Waals surface area contributed by atoms with Gasteiger partial charge in [-0.3, -0.25) is 5.10 Å². The third-order valence-corrected chi connectivity index (χ3v) is 2.15. The average Bonchev–Trinajstić information content (AvgIpc) is 2.55. The van der Waals surface area contributed by atoms with Gasteiger partial charge in [0.2, 0.25) is 0 Å². The molecular formula is C8H4ClF3N2. The number of hydrogen-bond acceptors (Lipinski definition) is 1. The van der Waals surface area contributed by atoms with Crippen LogP contribution < -0.4 is 0 Å². The van der Waals surface area contributed by atoms with Gasteiger partial charge in [-0.1, -0.05) is 11.6 Å². The van der Waals surface area contributed by atoms with Gasteiger partial charge in [0.15, 0.2) is 5.82 Å². The predicted molar refractivity (Wildman–Crippen MR) is 46.0 cm³/mol. The van der Waals surface area contributed by atoms with E-state index in [0.29, 0.717) is 0 Å². The molecule has 0 saturated heterocycles. The summed E-state index contributed by atoms with van der Waals surface area (Å²) < 4.78 is 38.0. The summed E-state index contributed by atoms with van der Waals surface area (Å²) in [6, 6.07) is 2.65. The van der Waals surface area contributed by atoms with Crippen molar-refractivity contribution in [3.63, 3.8) is 0 Å². The van der Waals surface area contributed by atoms with E-state index >= 15 is 0 Å². The van der Waals surface area contributed by atoms with E-state index in [1.54, 1.807) is 0 Å². The van der Waals surface area contributed by atoms with Crippen molar-refractivity contribution in [3.05, 3.63) is 28.7 Å². The lowest BCUT2D eigenvalue weighted by Crippen LogP contribution is -1.87. The van der Waals surface area contributed by atoms with Crippen LogP contribution in [0, 0.1) is 5.82 Å². The molecule has 0 amide bonds. The lowest BCUT2D eigenvalue weighted by molar-refractivity contribution is 0.147. The topological polar surface area (TPSA) is 28.7 Å². The van der Waals surface area contributed by atoms with E-state index in [9.17, 15) is 13.2 Å². The number of aromatic nitrogens is 2. The Bertz CT molecular complexity index is 481. The van der Waals surface area contributed by atoms with Gasteiger partial charge < -0.3 is 0 Å². The first kappa shape index (κ1) is 9.33. The molecule has 1 N–H and O–H groups in total. The highest BCUT2D eigenvalue weighted by Gasteiger charge is 2.19. The zero-order valence-electron chi connectivity index (χ0n) is 6.69. The van der Waals surface area contributed by atoms with Crippen molar-refractivity contribution in [2.75, 3.05) is 0 Å². The molecule has 0 aliphatic carbocycles. The van der Waals surface area contributed by atoms with E-state index in [-0.39, 0.29) is 15.9 Å². The molecule has 0 aliphatic rings. The number of halogens is 4. The van der Waals surface area contributed by atoms with Gasteiger partial charge in [-0.2, -0.15) is 5.10 Å². The molecule has 2 aromatic rings. The maximum absolute atomic E-state index is 13.3. The molecule has 0 atom stereocenters. The van der Waals surface area contributed by atoms with E-state index in [1.165, 1.54) is 12.1 Å². The molecule has 1 aromatic carbocycles. The lowest BCUT2D eigenvalue weighted by Gasteiger charge is -1.98. The number of fused-ring (bicyclic) bond motifs is 1. The SMILES string of the molecule is Fc1c(Cl)ccc2n[nH]c(C(F)F)c12. The molecule has 0 saturated carbocycles. The minimum absolute atomic E-state index is 0.141. The summed E-state index contributed by atoms with van der Waals surface area (Å²) in [5.74, 6) is -0.867. The normalized spacial score (nSPS) is 11.5. The van der Waals surface area contributed by atoms with Gasteiger partial charge in [0.05, 0.1) is 15.9 Å². The molecule has 1 heterocycles. The Labute approximate surface area is 81.7 Å². The summed E-state index contributed by atoms with van der Waals surface area (Å²) in [4.78, 5) is 0. The van der Waals surface area contributed by atoms with Crippen LogP contribution in [0.3, 0.4) is 0 Å². The van der Waals surface area contributed by atoms with E-state index in [1.807, 2.05) is 0 Å². The number of nitrogens with zero attached hydrogens (tertiary/aromatic N) is 1. The second-order valence-electron chi connectivity index (χ2n) is 2.69. The van der Waals surface area contributed by atoms with Gasteiger partial charge in [0, 0.05) is 0 Å². The van der Waals surface area contributed by atoms with Crippen LogP contribution in [0.25, 0.3) is 10.9 Å². The first-order valence-corrected chi connectivity index (χ1v) is 4.09. The van der Waals surface area contributed by atoms with Crippen molar-refractivity contribution in [1.82, 2.24) is 10.2 Å². The van der Waals surface area contributed by atoms with Crippen molar-refractivity contribution < 1.29 is 13.2 Å². The molecule has 6 heteroatoms. The molecule has 0 bridgehead atoms. The van der Waals surface area contributed by atoms with Gasteiger partial charge in [-0.05, 0) is 12.1 Å². The summed E-state index contributed by atoms with van der Waals surface area (Å²) >= 11 is 5.46. The highest BCUT2D eigenvalue weighted by Crippen LogP contribution is 2.30. The van der Waals surface area contributed by atoms with Crippen molar-refractivity contribution in [3.8, 4) is 0 Å². The van der Waals surface area contributed by atoms with Crippen LogP contribution >= 0.6 is 11.6 Å². The Morgan fingerprint density at radius 2 is 2.07 bits per heavy atom. The van der Waals surface area contributed by atoms with Gasteiger partial charge in [-0.25, -0.2) is 13.2 Å². The summed E-state index contributed by atoms with van der Waals surface area (Å²) in [5.41, 5.74) is -0.401. The maximum atomic E-state index is 13.3. The van der Waals surface area contributed by atoms with E-state index in [0.717, 1.165) is 0 Å². The predicted octanol–water partition coefficient (Wildman–Crippen LogP) is 3.29. The number of hydrogen-bond donors (Lipinski definition) is 1. The van der Waals surface area contributed by atoms with Crippen LogP contribution in [0.5, 0.6) is 0 Å². The fourth-order valence-electron chi connectivity index (χ4n) is 1.22. The second-order valence-corrected chi connectivity index (χ2v) is 3.10. The number of benzene rings is 1. The Kier molecular flexibility index (Phi) is 2.11. The molecule has 2 nitrogen and oxygen atoms in total. The Morgan fingerprint density at radius 1 is 1.36 bits per heavy atom. The van der Waals surface area contributed by atoms with Gasteiger partial charge in [0.1, 0.15) is 5.69 Å². The number of rotatable bonds is 1. The van der Waals surface area contributed by atoms with Gasteiger partial charge in [0.25, 0.3) is 6.43 Å². The first-order valence-electron chi connectivity index (χ1n) is 3.71. The lowest BCUT2D eigenvalue weighted by atomic mass is 10.2. The Morgan fingerprint density at radius 3 is 2.71 bits per heavy atom. The zero-order valence-corrected chi connectivity index (χ0v) is 7.45. The van der Waals surface area contributed by atoms with Crippen LogP contribution in [0.2, 0.25) is 5.02 Å². The van der Waals surface area contributed by atoms with E-state index < -0.39 is 17.9 Å². The van der Waals surface area contributed by atoms with E-state index in [2.05, 4.69) is 10.2 Å². The molecule has 14 heavy (non-hydrogen) atoms. The van der Waals surface area contributed by atoms with Crippen LogP contribution in [0.1, 0.15) is 12.1 Å². The summed E-state index contributed by atoms with van der Waals surface area (Å²) in [7, 11) is 0. The third-order valence-electron chi connectivity index (χ3n) is 1.86. The van der Waals surface area contributed by atoms with Crippen LogP contribution in [0.4, 0.5) is 13.2 Å². The minimum atomic E-state index is -2.80. The smallest absolute Gasteiger partial charge is 0.275 e. The minimum Gasteiger partial charge on any atom is -0.275 e. The van der Waals surface area contributed by atoms with Crippen molar-refractivity contribution in [1.29, 1.82) is 0 Å². The maximum Gasteiger partial charge on any atom is 0.280 e. The van der Waals surface area contributed by atoms with Crippen molar-refractivity contribution in [2.24, 2.45) is 0 Å². The fraction of sp³-hybridized carbons (Fsp3) is 0.125. The fourth-order valence-corrected chi connectivity index (χ4v) is 1.38. The van der Waals surface area contributed by atoms with E-state index in [4.69, 9.17) is 11.6 Å². The van der Waals surface area contributed by atoms with Gasteiger partial charge >= 0.3 is 0 Å². The first-order chi connectivity index (χ1) is 6.61. The Balaban J connectivity index is 2.82. The number of nitrogens with one attached hydrogen (secondary N) is 1. The standard InChI is InChI=1S/C8H4ClF3N2/c9-3-1-2-4-5(6(3)10)7(8(11)12)14-13-4/h1-2,8H,(H,13,14). The quantitative estimate of drug-likeness (QED) is 0.785. The van der Waals surface area contributed by atoms with Gasteiger partial charge in [-0.15, -0.1) is 0 Å². The molecular weight excluding hydrogens is 217 g/mol. The molecule has 0 unspecified atom stereocenters. The average molecular weight is 221 g/mol. The number of H-pyrrole nitrogens is 1. The summed E-state index contributed by atoms with van der Waals surface area (Å²) in [6.07, 6.45) is -2.80. The van der Waals surface area contributed by atoms with Crippen molar-refractivity contribution in [2.45, 2.75) is 6.43 Å². The van der Waals surface area contributed by atoms with Crippen molar-refractivity contribution >= 4 is 22.5 Å². The van der Waals surface area contributed by atoms with Crippen LogP contribution in [-0.4, -0.2) is 10.2 Å². The monoisotopic (exact) mass is 220 g/mol. The number of alkyl halides is 2. The zero-order chi connectivity index (χ0) is 10.3. The Hall–Kier alpha value is -1.23. The number of aromatic amines is 1. The largest absolute Gasteiger partial charge is 0.280 e. The highest BCUT2D eigenvalue weighted by molar-refractivity contribution is 6.31. The molecule has 0 fully saturated rings. The summed E-state index contributed by atoms with van der Waals surface area (Å²) in [6.45, 7) is 0. The summed E-state index contributed by atoms with van der Waals surface area (Å²) in [5, 5.41) is 5.18. The third kappa shape index (κ3) is 1.24. The molecule has 1 aromatic heterocycles. The highest BCUT2D eigenvalue weighted by atomic mass is 35.5. The molecule has 0 radical (unpaired) electrons.